The molecular weight excluding hydrogens is 174 g/mol. The van der Waals surface area contributed by atoms with Gasteiger partial charge in [-0.2, -0.15) is 0 Å². The molecule has 0 aromatic carbocycles. The predicted molar refractivity (Wildman–Crippen MR) is 59.6 cm³/mol. The van der Waals surface area contributed by atoms with Gasteiger partial charge >= 0.3 is 0 Å². The van der Waals surface area contributed by atoms with Crippen molar-refractivity contribution in [2.75, 3.05) is 18.5 Å². The Morgan fingerprint density at radius 3 is 2.71 bits per heavy atom. The fourth-order valence-electron chi connectivity index (χ4n) is 1.36. The van der Waals surface area contributed by atoms with Crippen LogP contribution in [0.25, 0.3) is 0 Å². The van der Waals surface area contributed by atoms with Crippen molar-refractivity contribution >= 4 is 5.82 Å². The van der Waals surface area contributed by atoms with Crippen LogP contribution in [0.3, 0.4) is 0 Å². The fourth-order valence-corrected chi connectivity index (χ4v) is 1.36. The molecule has 0 amide bonds. The molecule has 3 heteroatoms. The van der Waals surface area contributed by atoms with Gasteiger partial charge in [0.05, 0.1) is 0 Å². The molecule has 14 heavy (non-hydrogen) atoms. The van der Waals surface area contributed by atoms with Gasteiger partial charge in [0, 0.05) is 25.4 Å². The normalized spacial score (nSPS) is 10.2. The molecule has 0 saturated carbocycles. The Hall–Kier alpha value is -1.12. The minimum absolute atomic E-state index is 1.02. The molecule has 78 valence electrons. The lowest BCUT2D eigenvalue weighted by atomic mass is 10.2. The van der Waals surface area contributed by atoms with Gasteiger partial charge in [0.25, 0.3) is 0 Å². The van der Waals surface area contributed by atoms with Gasteiger partial charge in [0.2, 0.25) is 0 Å². The molecule has 0 aliphatic carbocycles. The molecule has 0 aliphatic heterocycles. The minimum atomic E-state index is 1.02. The number of hydrogen-bond donors (Lipinski definition) is 0. The van der Waals surface area contributed by atoms with E-state index in [0.717, 1.165) is 18.1 Å². The zero-order chi connectivity index (χ0) is 10.4. The third kappa shape index (κ3) is 3.32. The molecule has 0 saturated heterocycles. The van der Waals surface area contributed by atoms with Crippen molar-refractivity contribution in [2.24, 2.45) is 0 Å². The van der Waals surface area contributed by atoms with E-state index in [-0.39, 0.29) is 0 Å². The van der Waals surface area contributed by atoms with E-state index in [4.69, 9.17) is 0 Å². The van der Waals surface area contributed by atoms with Crippen molar-refractivity contribution in [2.45, 2.75) is 33.1 Å². The number of aromatic nitrogens is 2. The van der Waals surface area contributed by atoms with Gasteiger partial charge in [0.15, 0.2) is 0 Å². The topological polar surface area (TPSA) is 29.0 Å². The van der Waals surface area contributed by atoms with Crippen LogP contribution in [0.2, 0.25) is 0 Å². The van der Waals surface area contributed by atoms with Crippen molar-refractivity contribution in [3.63, 3.8) is 0 Å². The second kappa shape index (κ2) is 5.58. The van der Waals surface area contributed by atoms with Crippen LogP contribution in [0.1, 0.15) is 31.9 Å². The van der Waals surface area contributed by atoms with Gasteiger partial charge in [-0.1, -0.05) is 19.8 Å². The summed E-state index contributed by atoms with van der Waals surface area (Å²) < 4.78 is 0. The molecule has 3 nitrogen and oxygen atoms in total. The summed E-state index contributed by atoms with van der Waals surface area (Å²) in [5.74, 6) is 1.02. The van der Waals surface area contributed by atoms with Gasteiger partial charge in [-0.05, 0) is 13.3 Å². The smallest absolute Gasteiger partial charge is 0.131 e. The maximum atomic E-state index is 4.23. The Kier molecular flexibility index (Phi) is 4.36. The van der Waals surface area contributed by atoms with Gasteiger partial charge in [0.1, 0.15) is 12.1 Å². The molecule has 0 fully saturated rings. The van der Waals surface area contributed by atoms with E-state index in [1.165, 1.54) is 19.3 Å². The average molecular weight is 193 g/mol. The van der Waals surface area contributed by atoms with Crippen LogP contribution in [0.5, 0.6) is 0 Å². The number of rotatable bonds is 5. The number of aryl methyl sites for hydroxylation is 1. The Labute approximate surface area is 86.2 Å². The second-order valence-electron chi connectivity index (χ2n) is 3.65. The largest absolute Gasteiger partial charge is 0.360 e. The Balaban J connectivity index is 2.47. The van der Waals surface area contributed by atoms with E-state index in [9.17, 15) is 0 Å². The quantitative estimate of drug-likeness (QED) is 0.672. The van der Waals surface area contributed by atoms with Crippen molar-refractivity contribution in [1.82, 2.24) is 9.97 Å². The first-order chi connectivity index (χ1) is 6.74. The van der Waals surface area contributed by atoms with Gasteiger partial charge in [-0.25, -0.2) is 9.97 Å². The summed E-state index contributed by atoms with van der Waals surface area (Å²) >= 11 is 0. The predicted octanol–water partition coefficient (Wildman–Crippen LogP) is 2.41. The minimum Gasteiger partial charge on any atom is -0.360 e. The van der Waals surface area contributed by atoms with E-state index in [0.29, 0.717) is 0 Å². The zero-order valence-electron chi connectivity index (χ0n) is 9.32. The third-order valence-electron chi connectivity index (χ3n) is 2.28. The Morgan fingerprint density at radius 2 is 2.07 bits per heavy atom. The lowest BCUT2D eigenvalue weighted by molar-refractivity contribution is 0.700. The lowest BCUT2D eigenvalue weighted by Crippen LogP contribution is -2.19. The van der Waals surface area contributed by atoms with Crippen LogP contribution < -0.4 is 4.90 Å². The summed E-state index contributed by atoms with van der Waals surface area (Å²) in [6, 6.07) is 2.02. The molecule has 0 aliphatic rings. The molecule has 0 radical (unpaired) electrons. The molecule has 0 bridgehead atoms. The summed E-state index contributed by atoms with van der Waals surface area (Å²) in [7, 11) is 2.08. The van der Waals surface area contributed by atoms with Crippen molar-refractivity contribution in [3.05, 3.63) is 18.1 Å². The fraction of sp³-hybridized carbons (Fsp3) is 0.636. The van der Waals surface area contributed by atoms with Crippen LogP contribution in [0.15, 0.2) is 12.4 Å². The molecule has 0 atom stereocenters. The summed E-state index contributed by atoms with van der Waals surface area (Å²) in [4.78, 5) is 10.5. The van der Waals surface area contributed by atoms with Gasteiger partial charge in [-0.15, -0.1) is 0 Å². The standard InChI is InChI=1S/C11H19N3/c1-4-5-6-7-14(3)11-8-10(2)12-9-13-11/h8-9H,4-7H2,1-3H3. The average Bonchev–Trinajstić information content (AvgIpc) is 2.18. The molecule has 0 N–H and O–H groups in total. The van der Waals surface area contributed by atoms with Gasteiger partial charge < -0.3 is 4.90 Å². The van der Waals surface area contributed by atoms with E-state index < -0.39 is 0 Å². The summed E-state index contributed by atoms with van der Waals surface area (Å²) in [5.41, 5.74) is 1.03. The van der Waals surface area contributed by atoms with Crippen LogP contribution >= 0.6 is 0 Å². The highest BCUT2D eigenvalue weighted by molar-refractivity contribution is 5.37. The summed E-state index contributed by atoms with van der Waals surface area (Å²) in [6.07, 6.45) is 5.40. The molecule has 0 unspecified atom stereocenters. The summed E-state index contributed by atoms with van der Waals surface area (Å²) in [6.45, 7) is 5.28. The number of unbranched alkanes of at least 4 members (excludes halogenated alkanes) is 2. The molecule has 0 spiro atoms. The highest BCUT2D eigenvalue weighted by atomic mass is 15.2. The van der Waals surface area contributed by atoms with Crippen LogP contribution in [-0.4, -0.2) is 23.6 Å². The second-order valence-corrected chi connectivity index (χ2v) is 3.65. The lowest BCUT2D eigenvalue weighted by Gasteiger charge is -2.17. The van der Waals surface area contributed by atoms with Gasteiger partial charge in [-0.3, -0.25) is 0 Å². The molecule has 1 rings (SSSR count). The SMILES string of the molecule is CCCCCN(C)c1cc(C)ncn1. The first-order valence-corrected chi connectivity index (χ1v) is 5.24. The number of anilines is 1. The highest BCUT2D eigenvalue weighted by Crippen LogP contribution is 2.09. The zero-order valence-corrected chi connectivity index (χ0v) is 9.32. The maximum absolute atomic E-state index is 4.23. The third-order valence-corrected chi connectivity index (χ3v) is 2.28. The van der Waals surface area contributed by atoms with Crippen molar-refractivity contribution in [3.8, 4) is 0 Å². The molecule has 1 aromatic heterocycles. The van der Waals surface area contributed by atoms with Crippen LogP contribution in [0.4, 0.5) is 5.82 Å². The first kappa shape index (κ1) is 11.0. The number of nitrogens with zero attached hydrogens (tertiary/aromatic N) is 3. The van der Waals surface area contributed by atoms with Crippen LogP contribution in [-0.2, 0) is 0 Å². The Bertz CT molecular complexity index is 273. The molecule has 1 heterocycles. The van der Waals surface area contributed by atoms with E-state index in [2.05, 4.69) is 28.8 Å². The van der Waals surface area contributed by atoms with E-state index in [1.54, 1.807) is 6.33 Å². The molecule has 1 aromatic rings. The van der Waals surface area contributed by atoms with Crippen molar-refractivity contribution < 1.29 is 0 Å². The van der Waals surface area contributed by atoms with Crippen LogP contribution in [0, 0.1) is 6.92 Å². The van der Waals surface area contributed by atoms with Crippen molar-refractivity contribution in [1.29, 1.82) is 0 Å². The molecular formula is C11H19N3. The monoisotopic (exact) mass is 193 g/mol. The first-order valence-electron chi connectivity index (χ1n) is 5.24. The van der Waals surface area contributed by atoms with E-state index in [1.807, 2.05) is 13.0 Å². The van der Waals surface area contributed by atoms with E-state index >= 15 is 0 Å². The number of hydrogen-bond acceptors (Lipinski definition) is 3. The Morgan fingerprint density at radius 1 is 1.29 bits per heavy atom. The summed E-state index contributed by atoms with van der Waals surface area (Å²) in [5, 5.41) is 0. The highest BCUT2D eigenvalue weighted by Gasteiger charge is 2.01. The maximum Gasteiger partial charge on any atom is 0.131 e.